The van der Waals surface area contributed by atoms with E-state index in [9.17, 15) is 5.11 Å². The molecule has 0 saturated carbocycles. The Hall–Kier alpha value is -0.640. The van der Waals surface area contributed by atoms with Crippen LogP contribution in [0.3, 0.4) is 0 Å². The molecule has 0 radical (unpaired) electrons. The molecule has 90 valence electrons. The van der Waals surface area contributed by atoms with Gasteiger partial charge in [0, 0.05) is 25.5 Å². The fraction of sp³-hybridized carbons (Fsp3) is 0.583. The minimum Gasteiger partial charge on any atom is -0.389 e. The molecule has 0 amide bonds. The van der Waals surface area contributed by atoms with E-state index in [0.717, 1.165) is 18.7 Å². The second-order valence-electron chi connectivity index (χ2n) is 4.58. The van der Waals surface area contributed by atoms with Crippen molar-refractivity contribution in [3.8, 4) is 0 Å². The average molecular weight is 243 g/mol. The molecular formula is C12H19ClN2O. The number of aliphatic hydroxyl groups is 1. The van der Waals surface area contributed by atoms with E-state index in [1.807, 2.05) is 19.9 Å². The van der Waals surface area contributed by atoms with E-state index in [-0.39, 0.29) is 0 Å². The summed E-state index contributed by atoms with van der Waals surface area (Å²) in [7, 11) is 0. The van der Waals surface area contributed by atoms with Gasteiger partial charge >= 0.3 is 0 Å². The van der Waals surface area contributed by atoms with Crippen molar-refractivity contribution in [2.45, 2.75) is 32.9 Å². The van der Waals surface area contributed by atoms with E-state index >= 15 is 0 Å². The lowest BCUT2D eigenvalue weighted by Crippen LogP contribution is -2.38. The summed E-state index contributed by atoms with van der Waals surface area (Å²) >= 11 is 6.04. The van der Waals surface area contributed by atoms with Crippen LogP contribution in [0.1, 0.15) is 26.3 Å². The molecule has 0 aliphatic heterocycles. The Balaban J connectivity index is 2.67. The van der Waals surface area contributed by atoms with Gasteiger partial charge in [-0.15, -0.1) is 0 Å². The average Bonchev–Trinajstić information content (AvgIpc) is 2.18. The molecule has 0 fully saturated rings. The summed E-state index contributed by atoms with van der Waals surface area (Å²) in [6.45, 7) is 7.93. The van der Waals surface area contributed by atoms with Crippen molar-refractivity contribution >= 4 is 11.6 Å². The van der Waals surface area contributed by atoms with Crippen molar-refractivity contribution in [2.75, 3.05) is 13.1 Å². The Labute approximate surface area is 102 Å². The summed E-state index contributed by atoms with van der Waals surface area (Å²) < 4.78 is 0. The van der Waals surface area contributed by atoms with Crippen molar-refractivity contribution in [3.05, 3.63) is 29.0 Å². The van der Waals surface area contributed by atoms with Gasteiger partial charge in [-0.1, -0.05) is 18.5 Å². The number of aromatic nitrogens is 1. The second kappa shape index (κ2) is 5.62. The van der Waals surface area contributed by atoms with E-state index in [1.54, 1.807) is 12.4 Å². The molecule has 1 rings (SSSR count). The Bertz CT molecular complexity index is 336. The molecule has 0 spiro atoms. The van der Waals surface area contributed by atoms with Crippen molar-refractivity contribution in [2.24, 2.45) is 0 Å². The minimum atomic E-state index is -0.685. The number of halogens is 1. The van der Waals surface area contributed by atoms with Gasteiger partial charge in [0.25, 0.3) is 0 Å². The SMILES string of the molecule is CCN(Cc1ccncc1Cl)CC(C)(C)O. The van der Waals surface area contributed by atoms with Crippen LogP contribution in [0, 0.1) is 0 Å². The Kier molecular flexibility index (Phi) is 4.71. The topological polar surface area (TPSA) is 36.4 Å². The Morgan fingerprint density at radius 1 is 1.50 bits per heavy atom. The quantitative estimate of drug-likeness (QED) is 0.861. The molecule has 1 aromatic rings. The monoisotopic (exact) mass is 242 g/mol. The normalized spacial score (nSPS) is 12.1. The number of nitrogens with zero attached hydrogens (tertiary/aromatic N) is 2. The van der Waals surface area contributed by atoms with Gasteiger partial charge in [-0.05, 0) is 32.0 Å². The zero-order valence-electron chi connectivity index (χ0n) is 10.1. The van der Waals surface area contributed by atoms with Crippen LogP contribution in [0.15, 0.2) is 18.5 Å². The molecule has 0 unspecified atom stereocenters. The number of hydrogen-bond acceptors (Lipinski definition) is 3. The highest BCUT2D eigenvalue weighted by Gasteiger charge is 2.17. The molecule has 0 atom stereocenters. The standard InChI is InChI=1S/C12H19ClN2O/c1-4-15(9-12(2,3)16)8-10-5-6-14-7-11(10)13/h5-7,16H,4,8-9H2,1-3H3. The first-order chi connectivity index (χ1) is 7.42. The summed E-state index contributed by atoms with van der Waals surface area (Å²) in [5.41, 5.74) is 0.359. The minimum absolute atomic E-state index is 0.627. The third-order valence-corrected chi connectivity index (χ3v) is 2.65. The van der Waals surface area contributed by atoms with E-state index < -0.39 is 5.60 Å². The van der Waals surface area contributed by atoms with Gasteiger partial charge in [0.1, 0.15) is 0 Å². The lowest BCUT2D eigenvalue weighted by Gasteiger charge is -2.28. The van der Waals surface area contributed by atoms with Crippen LogP contribution in [0.4, 0.5) is 0 Å². The highest BCUT2D eigenvalue weighted by atomic mass is 35.5. The molecule has 1 N–H and O–H groups in total. The maximum atomic E-state index is 9.78. The summed E-state index contributed by atoms with van der Waals surface area (Å²) in [4.78, 5) is 6.11. The fourth-order valence-corrected chi connectivity index (χ4v) is 1.78. The Morgan fingerprint density at radius 2 is 2.19 bits per heavy atom. The van der Waals surface area contributed by atoms with Crippen LogP contribution in [-0.2, 0) is 6.54 Å². The van der Waals surface area contributed by atoms with Gasteiger partial charge in [-0.2, -0.15) is 0 Å². The highest BCUT2D eigenvalue weighted by Crippen LogP contribution is 2.16. The smallest absolute Gasteiger partial charge is 0.0718 e. The molecule has 1 aromatic heterocycles. The molecule has 0 aliphatic rings. The number of likely N-dealkylation sites (N-methyl/N-ethyl adjacent to an activating group) is 1. The predicted octanol–water partition coefficient (Wildman–Crippen LogP) is 2.33. The molecule has 1 heterocycles. The molecular weight excluding hydrogens is 224 g/mol. The van der Waals surface area contributed by atoms with Crippen LogP contribution >= 0.6 is 11.6 Å². The number of pyridine rings is 1. The van der Waals surface area contributed by atoms with Crippen LogP contribution in [0.2, 0.25) is 5.02 Å². The van der Waals surface area contributed by atoms with Crippen LogP contribution in [0.25, 0.3) is 0 Å². The Morgan fingerprint density at radius 3 is 2.69 bits per heavy atom. The largest absolute Gasteiger partial charge is 0.389 e. The maximum Gasteiger partial charge on any atom is 0.0718 e. The zero-order valence-corrected chi connectivity index (χ0v) is 10.8. The predicted molar refractivity (Wildman–Crippen MR) is 66.5 cm³/mol. The lowest BCUT2D eigenvalue weighted by molar-refractivity contribution is 0.0353. The summed E-state index contributed by atoms with van der Waals surface area (Å²) in [5, 5.41) is 10.5. The van der Waals surface area contributed by atoms with Crippen molar-refractivity contribution < 1.29 is 5.11 Å². The first kappa shape index (κ1) is 13.4. The summed E-state index contributed by atoms with van der Waals surface area (Å²) in [6.07, 6.45) is 3.38. The van der Waals surface area contributed by atoms with E-state index in [0.29, 0.717) is 11.6 Å². The summed E-state index contributed by atoms with van der Waals surface area (Å²) in [6, 6.07) is 1.91. The molecule has 0 aliphatic carbocycles. The maximum absolute atomic E-state index is 9.78. The van der Waals surface area contributed by atoms with Gasteiger partial charge in [0.05, 0.1) is 10.6 Å². The number of rotatable bonds is 5. The number of hydrogen-bond donors (Lipinski definition) is 1. The van der Waals surface area contributed by atoms with Gasteiger partial charge < -0.3 is 5.11 Å². The molecule has 0 saturated heterocycles. The third kappa shape index (κ3) is 4.47. The first-order valence-corrected chi connectivity index (χ1v) is 5.83. The molecule has 16 heavy (non-hydrogen) atoms. The van der Waals surface area contributed by atoms with E-state index in [1.165, 1.54) is 0 Å². The fourth-order valence-electron chi connectivity index (χ4n) is 1.60. The molecule has 3 nitrogen and oxygen atoms in total. The second-order valence-corrected chi connectivity index (χ2v) is 4.99. The third-order valence-electron chi connectivity index (χ3n) is 2.31. The highest BCUT2D eigenvalue weighted by molar-refractivity contribution is 6.31. The van der Waals surface area contributed by atoms with Gasteiger partial charge in [0.15, 0.2) is 0 Å². The molecule has 0 aromatic carbocycles. The van der Waals surface area contributed by atoms with Crippen LogP contribution < -0.4 is 0 Å². The van der Waals surface area contributed by atoms with Gasteiger partial charge in [-0.25, -0.2) is 0 Å². The van der Waals surface area contributed by atoms with Crippen molar-refractivity contribution in [3.63, 3.8) is 0 Å². The van der Waals surface area contributed by atoms with Crippen molar-refractivity contribution in [1.82, 2.24) is 9.88 Å². The van der Waals surface area contributed by atoms with Gasteiger partial charge in [-0.3, -0.25) is 9.88 Å². The summed E-state index contributed by atoms with van der Waals surface area (Å²) in [5.74, 6) is 0. The van der Waals surface area contributed by atoms with Crippen molar-refractivity contribution in [1.29, 1.82) is 0 Å². The molecule has 0 bridgehead atoms. The zero-order chi connectivity index (χ0) is 12.2. The van der Waals surface area contributed by atoms with Crippen LogP contribution in [-0.4, -0.2) is 33.7 Å². The van der Waals surface area contributed by atoms with E-state index in [2.05, 4.69) is 16.8 Å². The lowest BCUT2D eigenvalue weighted by atomic mass is 10.1. The first-order valence-electron chi connectivity index (χ1n) is 5.45. The molecule has 4 heteroatoms. The van der Waals surface area contributed by atoms with Gasteiger partial charge in [0.2, 0.25) is 0 Å². The van der Waals surface area contributed by atoms with Crippen LogP contribution in [0.5, 0.6) is 0 Å². The van der Waals surface area contributed by atoms with E-state index in [4.69, 9.17) is 11.6 Å².